The van der Waals surface area contributed by atoms with E-state index in [1.807, 2.05) is 0 Å². The van der Waals surface area contributed by atoms with Crippen LogP contribution in [-0.4, -0.2) is 12.3 Å². The molecule has 2 unspecified atom stereocenters. The van der Waals surface area contributed by atoms with Gasteiger partial charge in [-0.3, -0.25) is 0 Å². The molecule has 0 saturated heterocycles. The summed E-state index contributed by atoms with van der Waals surface area (Å²) in [5, 5.41) is 1.64. The Bertz CT molecular complexity index is 268. The fourth-order valence-corrected chi connectivity index (χ4v) is 5.40. The van der Waals surface area contributed by atoms with Gasteiger partial charge >= 0.3 is 0 Å². The van der Waals surface area contributed by atoms with Gasteiger partial charge in [0.05, 0.1) is 17.6 Å². The molecule has 1 heteroatoms. The molecule has 0 heterocycles. The van der Waals surface area contributed by atoms with E-state index in [0.717, 1.165) is 5.92 Å². The maximum Gasteiger partial charge on any atom is 0.0914 e. The first-order chi connectivity index (χ1) is 7.77. The molecule has 0 amide bonds. The summed E-state index contributed by atoms with van der Waals surface area (Å²) < 4.78 is 0. The molecule has 0 N–H and O–H groups in total. The third kappa shape index (κ3) is 4.66. The molecular formula is C15H26P+. The van der Waals surface area contributed by atoms with E-state index in [1.165, 1.54) is 31.6 Å². The molecule has 1 aromatic rings. The normalized spacial score (nSPS) is 14.7. The predicted molar refractivity (Wildman–Crippen MR) is 78.5 cm³/mol. The summed E-state index contributed by atoms with van der Waals surface area (Å²) in [7, 11) is -0.294. The summed E-state index contributed by atoms with van der Waals surface area (Å²) in [6.45, 7) is 7.04. The van der Waals surface area contributed by atoms with Gasteiger partial charge in [-0.05, 0) is 30.9 Å². The van der Waals surface area contributed by atoms with Gasteiger partial charge in [0, 0.05) is 7.92 Å². The van der Waals surface area contributed by atoms with E-state index in [4.69, 9.17) is 0 Å². The van der Waals surface area contributed by atoms with Gasteiger partial charge < -0.3 is 0 Å². The summed E-state index contributed by atoms with van der Waals surface area (Å²) >= 11 is 0. The molecule has 0 aromatic heterocycles. The molecule has 0 nitrogen and oxygen atoms in total. The highest BCUT2D eigenvalue weighted by molar-refractivity contribution is 7.65. The highest BCUT2D eigenvalue weighted by atomic mass is 31.1. The lowest BCUT2D eigenvalue weighted by Gasteiger charge is -2.14. The van der Waals surface area contributed by atoms with Gasteiger partial charge in [0.2, 0.25) is 0 Å². The van der Waals surface area contributed by atoms with Gasteiger partial charge in [-0.1, -0.05) is 45.4 Å². The van der Waals surface area contributed by atoms with E-state index in [2.05, 4.69) is 51.1 Å². The fraction of sp³-hybridized carbons (Fsp3) is 0.600. The zero-order chi connectivity index (χ0) is 11.8. The van der Waals surface area contributed by atoms with Crippen LogP contribution in [0.1, 0.15) is 40.0 Å². The standard InChI is InChI=1S/C15H25P/c1-4-9-14(3)13-16(12-5-2)15-10-7-6-8-11-15/h6-8,10-11,14H,4-5,9,12-13H2,1-3H3/p+1. The van der Waals surface area contributed by atoms with Crippen LogP contribution in [0.3, 0.4) is 0 Å². The van der Waals surface area contributed by atoms with Crippen molar-refractivity contribution in [1.82, 2.24) is 0 Å². The Hall–Kier alpha value is -0.350. The summed E-state index contributed by atoms with van der Waals surface area (Å²) in [4.78, 5) is 0. The lowest BCUT2D eigenvalue weighted by atomic mass is 10.1. The van der Waals surface area contributed by atoms with Gasteiger partial charge in [-0.2, -0.15) is 0 Å². The minimum atomic E-state index is -0.294. The quantitative estimate of drug-likeness (QED) is 0.618. The molecule has 1 rings (SSSR count). The van der Waals surface area contributed by atoms with E-state index >= 15 is 0 Å². The van der Waals surface area contributed by atoms with Crippen LogP contribution in [0.4, 0.5) is 0 Å². The number of rotatable bonds is 7. The van der Waals surface area contributed by atoms with Crippen molar-refractivity contribution in [2.45, 2.75) is 40.0 Å². The summed E-state index contributed by atoms with van der Waals surface area (Å²) in [6, 6.07) is 11.2. The second kappa shape index (κ2) is 7.85. The third-order valence-electron chi connectivity index (χ3n) is 3.11. The third-order valence-corrected chi connectivity index (χ3v) is 6.55. The number of hydrogen-bond donors (Lipinski definition) is 0. The lowest BCUT2D eigenvalue weighted by Crippen LogP contribution is -2.10. The molecule has 2 atom stereocenters. The van der Waals surface area contributed by atoms with Crippen LogP contribution in [0.25, 0.3) is 0 Å². The van der Waals surface area contributed by atoms with Crippen molar-refractivity contribution in [2.24, 2.45) is 5.92 Å². The molecule has 16 heavy (non-hydrogen) atoms. The maximum absolute atomic E-state index is 2.42. The molecule has 0 aliphatic carbocycles. The molecule has 0 fully saturated rings. The zero-order valence-corrected chi connectivity index (χ0v) is 12.0. The molecule has 0 aliphatic rings. The molecule has 0 saturated carbocycles. The Labute approximate surface area is 102 Å². The minimum absolute atomic E-state index is 0.294. The Morgan fingerprint density at radius 2 is 1.75 bits per heavy atom. The molecule has 0 aliphatic heterocycles. The van der Waals surface area contributed by atoms with Crippen LogP contribution < -0.4 is 5.30 Å². The van der Waals surface area contributed by atoms with Gasteiger partial charge in [-0.25, -0.2) is 0 Å². The molecule has 0 radical (unpaired) electrons. The SMILES string of the molecule is CCCC(C)C[PH+](CCC)c1ccccc1. The molecule has 0 bridgehead atoms. The number of benzene rings is 1. The first kappa shape index (κ1) is 13.7. The van der Waals surface area contributed by atoms with Crippen molar-refractivity contribution >= 4 is 13.2 Å². The Morgan fingerprint density at radius 3 is 2.31 bits per heavy atom. The first-order valence-corrected chi connectivity index (χ1v) is 8.59. The Kier molecular flexibility index (Phi) is 6.73. The van der Waals surface area contributed by atoms with Gasteiger partial charge in [0.15, 0.2) is 0 Å². The Morgan fingerprint density at radius 1 is 1.06 bits per heavy atom. The summed E-state index contributed by atoms with van der Waals surface area (Å²) in [5.74, 6) is 0.908. The fourth-order valence-electron chi connectivity index (χ4n) is 2.36. The lowest BCUT2D eigenvalue weighted by molar-refractivity contribution is 0.582. The molecule has 1 aromatic carbocycles. The predicted octanol–water partition coefficient (Wildman–Crippen LogP) is 4.37. The summed E-state index contributed by atoms with van der Waals surface area (Å²) in [5.41, 5.74) is 0. The average molecular weight is 237 g/mol. The monoisotopic (exact) mass is 237 g/mol. The van der Waals surface area contributed by atoms with Crippen LogP contribution in [-0.2, 0) is 0 Å². The van der Waals surface area contributed by atoms with Crippen molar-refractivity contribution in [3.05, 3.63) is 30.3 Å². The van der Waals surface area contributed by atoms with Crippen LogP contribution in [0, 0.1) is 5.92 Å². The van der Waals surface area contributed by atoms with E-state index in [9.17, 15) is 0 Å². The maximum atomic E-state index is 2.42. The molecular weight excluding hydrogens is 211 g/mol. The van der Waals surface area contributed by atoms with Crippen molar-refractivity contribution in [3.8, 4) is 0 Å². The van der Waals surface area contributed by atoms with E-state index in [1.54, 1.807) is 5.30 Å². The van der Waals surface area contributed by atoms with Crippen molar-refractivity contribution < 1.29 is 0 Å². The largest absolute Gasteiger partial charge is 0.0914 e. The van der Waals surface area contributed by atoms with Crippen LogP contribution >= 0.6 is 7.92 Å². The van der Waals surface area contributed by atoms with Crippen LogP contribution in [0.2, 0.25) is 0 Å². The van der Waals surface area contributed by atoms with Crippen molar-refractivity contribution in [2.75, 3.05) is 12.3 Å². The van der Waals surface area contributed by atoms with Crippen LogP contribution in [0.5, 0.6) is 0 Å². The van der Waals surface area contributed by atoms with E-state index in [-0.39, 0.29) is 7.92 Å². The Balaban J connectivity index is 2.60. The van der Waals surface area contributed by atoms with E-state index in [0.29, 0.717) is 0 Å². The van der Waals surface area contributed by atoms with Crippen LogP contribution in [0.15, 0.2) is 30.3 Å². The molecule has 0 spiro atoms. The minimum Gasteiger partial charge on any atom is -0.0654 e. The van der Waals surface area contributed by atoms with Crippen molar-refractivity contribution in [3.63, 3.8) is 0 Å². The second-order valence-corrected chi connectivity index (χ2v) is 7.51. The zero-order valence-electron chi connectivity index (χ0n) is 11.0. The van der Waals surface area contributed by atoms with Gasteiger partial charge in [0.25, 0.3) is 0 Å². The highest BCUT2D eigenvalue weighted by Gasteiger charge is 2.20. The topological polar surface area (TPSA) is 0 Å². The summed E-state index contributed by atoms with van der Waals surface area (Å²) in [6.07, 6.45) is 6.95. The van der Waals surface area contributed by atoms with Gasteiger partial charge in [-0.15, -0.1) is 0 Å². The number of hydrogen-bond acceptors (Lipinski definition) is 0. The highest BCUT2D eigenvalue weighted by Crippen LogP contribution is 2.38. The average Bonchev–Trinajstić information content (AvgIpc) is 2.30. The second-order valence-electron chi connectivity index (χ2n) is 4.82. The van der Waals surface area contributed by atoms with Gasteiger partial charge in [0.1, 0.15) is 0 Å². The first-order valence-electron chi connectivity index (χ1n) is 6.68. The van der Waals surface area contributed by atoms with E-state index < -0.39 is 0 Å². The van der Waals surface area contributed by atoms with Crippen molar-refractivity contribution in [1.29, 1.82) is 0 Å². The smallest absolute Gasteiger partial charge is 0.0654 e. The molecule has 90 valence electrons.